The van der Waals surface area contributed by atoms with Crippen LogP contribution in [0, 0.1) is 11.8 Å². The van der Waals surface area contributed by atoms with Crippen LogP contribution in [0.3, 0.4) is 0 Å². The number of phosphoric acid groups is 2. The van der Waals surface area contributed by atoms with Gasteiger partial charge < -0.3 is 33.8 Å². The normalized spacial score (nSPS) is 14.1. The minimum atomic E-state index is -4.97. The first-order chi connectivity index (χ1) is 51.4. The van der Waals surface area contributed by atoms with Crippen molar-refractivity contribution in [2.45, 2.75) is 484 Å². The van der Waals surface area contributed by atoms with Crippen molar-refractivity contribution >= 4 is 39.5 Å². The molecule has 0 radical (unpaired) electrons. The molecule has 0 saturated heterocycles. The average Bonchev–Trinajstić information content (AvgIpc) is 0.901. The molecule has 0 aliphatic carbocycles. The Kier molecular flexibility index (Phi) is 76.9. The van der Waals surface area contributed by atoms with E-state index in [0.717, 1.165) is 102 Å². The predicted molar refractivity (Wildman–Crippen MR) is 437 cm³/mol. The summed E-state index contributed by atoms with van der Waals surface area (Å²) in [6, 6.07) is 0. The monoisotopic (exact) mass is 1550 g/mol. The summed E-state index contributed by atoms with van der Waals surface area (Å²) in [4.78, 5) is 73.2. The third-order valence-corrected chi connectivity index (χ3v) is 22.7. The lowest BCUT2D eigenvalue weighted by Crippen LogP contribution is -2.30. The van der Waals surface area contributed by atoms with E-state index in [9.17, 15) is 43.2 Å². The largest absolute Gasteiger partial charge is 0.472 e. The Morgan fingerprint density at radius 3 is 0.717 bits per heavy atom. The molecule has 0 heterocycles. The van der Waals surface area contributed by atoms with E-state index in [2.05, 4.69) is 41.5 Å². The number of aliphatic hydroxyl groups is 1. The minimum absolute atomic E-state index is 0.106. The molecule has 0 fully saturated rings. The molecule has 630 valence electrons. The SMILES string of the molecule is CCCCCCCCCCCCCCCCCCCCCCCC(=O)OC[C@H](COP(=O)(O)OC[C@@H](O)COP(=O)(O)OC[C@@H](COC(=O)CCCCCCCCCCCCC)OC(=O)CCCCCCCCCCCC(C)C)OC(=O)CCCCCCCCCCCCCCCCCCCCC(C)CC. The first-order valence-corrected chi connectivity index (χ1v) is 48.0. The second-order valence-corrected chi connectivity index (χ2v) is 34.9. The Morgan fingerprint density at radius 2 is 0.481 bits per heavy atom. The van der Waals surface area contributed by atoms with Crippen LogP contribution in [0.4, 0.5) is 0 Å². The fourth-order valence-electron chi connectivity index (χ4n) is 13.6. The van der Waals surface area contributed by atoms with Crippen molar-refractivity contribution in [2.24, 2.45) is 11.8 Å². The second kappa shape index (κ2) is 78.3. The summed E-state index contributed by atoms with van der Waals surface area (Å²) in [6.07, 6.45) is 70.9. The van der Waals surface area contributed by atoms with Gasteiger partial charge in [0.2, 0.25) is 0 Å². The Balaban J connectivity index is 5.20. The van der Waals surface area contributed by atoms with Gasteiger partial charge in [0.05, 0.1) is 26.4 Å². The number of aliphatic hydroxyl groups excluding tert-OH is 1. The topological polar surface area (TPSA) is 237 Å². The van der Waals surface area contributed by atoms with E-state index in [1.165, 1.54) is 283 Å². The Labute approximate surface area is 651 Å². The van der Waals surface area contributed by atoms with Gasteiger partial charge in [0.25, 0.3) is 0 Å². The van der Waals surface area contributed by atoms with Gasteiger partial charge in [-0.3, -0.25) is 37.3 Å². The van der Waals surface area contributed by atoms with Gasteiger partial charge in [-0.05, 0) is 37.5 Å². The lowest BCUT2D eigenvalue weighted by molar-refractivity contribution is -0.161. The van der Waals surface area contributed by atoms with E-state index in [0.29, 0.717) is 25.7 Å². The zero-order chi connectivity index (χ0) is 77.8. The number of unbranched alkanes of at least 4 members (excludes halogenated alkanes) is 55. The molecule has 19 heteroatoms. The molecule has 0 aliphatic rings. The highest BCUT2D eigenvalue weighted by Crippen LogP contribution is 2.45. The molecule has 106 heavy (non-hydrogen) atoms. The van der Waals surface area contributed by atoms with Crippen LogP contribution in [0.2, 0.25) is 0 Å². The van der Waals surface area contributed by atoms with Crippen LogP contribution in [-0.4, -0.2) is 96.7 Å². The minimum Gasteiger partial charge on any atom is -0.462 e. The van der Waals surface area contributed by atoms with E-state index in [1.54, 1.807) is 0 Å². The van der Waals surface area contributed by atoms with Gasteiger partial charge in [0.15, 0.2) is 12.2 Å². The number of hydrogen-bond acceptors (Lipinski definition) is 15. The van der Waals surface area contributed by atoms with E-state index < -0.39 is 97.5 Å². The summed E-state index contributed by atoms with van der Waals surface area (Å²) in [5.41, 5.74) is 0. The zero-order valence-electron chi connectivity index (χ0n) is 69.7. The lowest BCUT2D eigenvalue weighted by atomic mass is 9.99. The van der Waals surface area contributed by atoms with E-state index >= 15 is 0 Å². The standard InChI is InChI=1S/C87H170O17P2/c1-7-10-12-14-16-18-20-21-22-23-24-25-26-30-33-36-40-46-52-58-64-70-85(90)98-75-82(103-86(91)71-65-59-53-47-41-37-34-31-28-27-29-32-35-39-44-50-56-62-68-80(6)9-3)77-101-105(93,94)99-73-81(88)74-100-106(95,96)102-78-83(76-97-84(89)69-63-57-51-45-38-19-17-15-13-11-8-2)104-87(92)72-66-60-54-48-42-43-49-55-61-67-79(4)5/h79-83,88H,7-78H2,1-6H3,(H,93,94)(H,95,96)/t80?,81-,82-,83-/m1/s1. The Morgan fingerprint density at radius 1 is 0.274 bits per heavy atom. The number of ether oxygens (including phenoxy) is 4. The van der Waals surface area contributed by atoms with Crippen LogP contribution in [-0.2, 0) is 65.4 Å². The molecule has 0 spiro atoms. The molecule has 0 amide bonds. The fourth-order valence-corrected chi connectivity index (χ4v) is 15.1. The number of phosphoric ester groups is 2. The molecule has 0 aliphatic heterocycles. The molecule has 0 aromatic carbocycles. The van der Waals surface area contributed by atoms with E-state index in [-0.39, 0.29) is 25.7 Å². The second-order valence-electron chi connectivity index (χ2n) is 32.0. The third-order valence-electron chi connectivity index (χ3n) is 20.8. The maximum Gasteiger partial charge on any atom is 0.472 e. The van der Waals surface area contributed by atoms with E-state index in [1.807, 2.05) is 0 Å². The molecule has 17 nitrogen and oxygen atoms in total. The molecular weight excluding hydrogens is 1380 g/mol. The maximum absolute atomic E-state index is 13.2. The quantitative estimate of drug-likeness (QED) is 0.0222. The van der Waals surface area contributed by atoms with Gasteiger partial charge in [-0.2, -0.15) is 0 Å². The van der Waals surface area contributed by atoms with Crippen molar-refractivity contribution in [1.29, 1.82) is 0 Å². The first kappa shape index (κ1) is 104. The van der Waals surface area contributed by atoms with Gasteiger partial charge in [-0.1, -0.05) is 414 Å². The molecule has 0 aromatic rings. The predicted octanol–water partition coefficient (Wildman–Crippen LogP) is 26.6. The summed E-state index contributed by atoms with van der Waals surface area (Å²) < 4.78 is 68.9. The highest BCUT2D eigenvalue weighted by atomic mass is 31.2. The first-order valence-electron chi connectivity index (χ1n) is 45.0. The number of esters is 4. The smallest absolute Gasteiger partial charge is 0.462 e. The Hall–Kier alpha value is -1.94. The van der Waals surface area contributed by atoms with Crippen molar-refractivity contribution in [1.82, 2.24) is 0 Å². The van der Waals surface area contributed by atoms with Gasteiger partial charge in [0, 0.05) is 25.7 Å². The highest BCUT2D eigenvalue weighted by Gasteiger charge is 2.30. The highest BCUT2D eigenvalue weighted by molar-refractivity contribution is 7.47. The van der Waals surface area contributed by atoms with Crippen LogP contribution in [0.25, 0.3) is 0 Å². The molecule has 0 bridgehead atoms. The van der Waals surface area contributed by atoms with E-state index in [4.69, 9.17) is 37.0 Å². The van der Waals surface area contributed by atoms with Crippen molar-refractivity contribution < 1.29 is 80.2 Å². The maximum atomic E-state index is 13.2. The van der Waals surface area contributed by atoms with Crippen molar-refractivity contribution in [2.75, 3.05) is 39.6 Å². The van der Waals surface area contributed by atoms with Gasteiger partial charge in [-0.15, -0.1) is 0 Å². The number of carbonyl (C=O) groups excluding carboxylic acids is 4. The molecule has 6 atom stereocenters. The molecule has 3 unspecified atom stereocenters. The third kappa shape index (κ3) is 78.7. The molecular formula is C87H170O17P2. The van der Waals surface area contributed by atoms with Crippen LogP contribution < -0.4 is 0 Å². The van der Waals surface area contributed by atoms with Gasteiger partial charge in [0.1, 0.15) is 19.3 Å². The molecule has 0 rings (SSSR count). The van der Waals surface area contributed by atoms with Crippen molar-refractivity contribution in [3.05, 3.63) is 0 Å². The fraction of sp³-hybridized carbons (Fsp3) is 0.954. The van der Waals surface area contributed by atoms with Crippen LogP contribution in [0.5, 0.6) is 0 Å². The summed E-state index contributed by atoms with van der Waals surface area (Å²) in [6.45, 7) is 9.71. The summed E-state index contributed by atoms with van der Waals surface area (Å²) >= 11 is 0. The summed E-state index contributed by atoms with van der Waals surface area (Å²) in [7, 11) is -9.93. The van der Waals surface area contributed by atoms with Crippen molar-refractivity contribution in [3.8, 4) is 0 Å². The molecule has 0 aromatic heterocycles. The molecule has 0 saturated carbocycles. The van der Waals surface area contributed by atoms with Crippen molar-refractivity contribution in [3.63, 3.8) is 0 Å². The number of hydrogen-bond donors (Lipinski definition) is 3. The van der Waals surface area contributed by atoms with Gasteiger partial charge in [-0.25, -0.2) is 9.13 Å². The molecule has 3 N–H and O–H groups in total. The summed E-state index contributed by atoms with van der Waals surface area (Å²) in [5, 5.41) is 10.7. The number of carbonyl (C=O) groups is 4. The van der Waals surface area contributed by atoms with Crippen LogP contribution >= 0.6 is 15.6 Å². The zero-order valence-corrected chi connectivity index (χ0v) is 71.5. The van der Waals surface area contributed by atoms with Gasteiger partial charge >= 0.3 is 39.5 Å². The average molecular weight is 1550 g/mol. The van der Waals surface area contributed by atoms with Crippen LogP contribution in [0.15, 0.2) is 0 Å². The lowest BCUT2D eigenvalue weighted by Gasteiger charge is -2.21. The van der Waals surface area contributed by atoms with Crippen LogP contribution in [0.1, 0.15) is 465 Å². The number of rotatable bonds is 86. The summed E-state index contributed by atoms with van der Waals surface area (Å²) in [5.74, 6) is -0.495. The Bertz CT molecular complexity index is 2030.